The van der Waals surface area contributed by atoms with E-state index < -0.39 is 4.92 Å². The second-order valence-electron chi connectivity index (χ2n) is 4.63. The minimum atomic E-state index is -0.468. The molecule has 0 bridgehead atoms. The van der Waals surface area contributed by atoms with Crippen LogP contribution in [0.2, 0.25) is 0 Å². The van der Waals surface area contributed by atoms with Crippen LogP contribution in [0, 0.1) is 10.1 Å². The molecule has 0 aliphatic carbocycles. The van der Waals surface area contributed by atoms with Crippen LogP contribution in [0.4, 0.5) is 11.4 Å². The van der Waals surface area contributed by atoms with Crippen molar-refractivity contribution in [1.29, 1.82) is 0 Å². The lowest BCUT2D eigenvalue weighted by atomic mass is 10.1. The first-order chi connectivity index (χ1) is 9.46. The highest BCUT2D eigenvalue weighted by molar-refractivity contribution is 5.96. The highest BCUT2D eigenvalue weighted by Crippen LogP contribution is 2.25. The number of nitro benzene ring substituents is 1. The van der Waals surface area contributed by atoms with Crippen LogP contribution < -0.4 is 5.32 Å². The first kappa shape index (κ1) is 15.9. The molecule has 1 N–H and O–H groups in total. The van der Waals surface area contributed by atoms with Crippen molar-refractivity contribution in [2.24, 2.45) is 0 Å². The minimum Gasteiger partial charge on any atom is -0.383 e. The number of benzene rings is 1. The number of carbonyl (C=O) groups is 1. The second-order valence-corrected chi connectivity index (χ2v) is 4.63. The molecule has 0 aromatic heterocycles. The molecular formula is C14H21N3O3. The Morgan fingerprint density at radius 2 is 2.00 bits per heavy atom. The third kappa shape index (κ3) is 3.26. The molecule has 20 heavy (non-hydrogen) atoms. The molecule has 0 unspecified atom stereocenters. The van der Waals surface area contributed by atoms with Gasteiger partial charge < -0.3 is 10.2 Å². The van der Waals surface area contributed by atoms with Crippen molar-refractivity contribution in [3.05, 3.63) is 33.9 Å². The molecule has 110 valence electrons. The standard InChI is InChI=1S/C14H21N3O3/c1-5-11(6-2)16(4)14(18)10-7-8-13(17(19)20)12(9-10)15-3/h7-9,11,15H,5-6H2,1-4H3. The van der Waals surface area contributed by atoms with Crippen LogP contribution in [-0.2, 0) is 0 Å². The lowest BCUT2D eigenvalue weighted by molar-refractivity contribution is -0.383. The molecule has 6 heteroatoms. The molecule has 0 fully saturated rings. The van der Waals surface area contributed by atoms with Gasteiger partial charge in [0, 0.05) is 31.8 Å². The number of rotatable bonds is 6. The zero-order valence-electron chi connectivity index (χ0n) is 12.3. The normalized spacial score (nSPS) is 10.4. The Morgan fingerprint density at radius 1 is 1.40 bits per heavy atom. The average molecular weight is 279 g/mol. The van der Waals surface area contributed by atoms with Gasteiger partial charge in [-0.25, -0.2) is 0 Å². The maximum absolute atomic E-state index is 12.4. The molecule has 0 spiro atoms. The van der Waals surface area contributed by atoms with E-state index in [-0.39, 0.29) is 17.6 Å². The summed E-state index contributed by atoms with van der Waals surface area (Å²) >= 11 is 0. The number of nitrogens with zero attached hydrogens (tertiary/aromatic N) is 2. The van der Waals surface area contributed by atoms with Gasteiger partial charge in [0.05, 0.1) is 4.92 Å². The summed E-state index contributed by atoms with van der Waals surface area (Å²) in [7, 11) is 3.36. The largest absolute Gasteiger partial charge is 0.383 e. The van der Waals surface area contributed by atoms with Crippen LogP contribution >= 0.6 is 0 Å². The summed E-state index contributed by atoms with van der Waals surface area (Å²) in [4.78, 5) is 24.5. The number of nitro groups is 1. The van der Waals surface area contributed by atoms with Crippen molar-refractivity contribution in [3.8, 4) is 0 Å². The summed E-state index contributed by atoms with van der Waals surface area (Å²) in [5.41, 5.74) is 0.766. The number of carbonyl (C=O) groups excluding carboxylic acids is 1. The quantitative estimate of drug-likeness (QED) is 0.641. The Morgan fingerprint density at radius 3 is 2.45 bits per heavy atom. The van der Waals surface area contributed by atoms with Crippen molar-refractivity contribution in [2.45, 2.75) is 32.7 Å². The van der Waals surface area contributed by atoms with Gasteiger partial charge in [0.15, 0.2) is 0 Å². The molecule has 1 rings (SSSR count). The van der Waals surface area contributed by atoms with Crippen molar-refractivity contribution in [3.63, 3.8) is 0 Å². The third-order valence-electron chi connectivity index (χ3n) is 3.52. The molecule has 0 radical (unpaired) electrons. The minimum absolute atomic E-state index is 0.0331. The predicted octanol–water partition coefficient (Wildman–Crippen LogP) is 2.90. The van der Waals surface area contributed by atoms with Gasteiger partial charge in [-0.2, -0.15) is 0 Å². The number of anilines is 1. The molecule has 1 aromatic carbocycles. The van der Waals surface area contributed by atoms with Crippen molar-refractivity contribution in [2.75, 3.05) is 19.4 Å². The highest BCUT2D eigenvalue weighted by Gasteiger charge is 2.21. The van der Waals surface area contributed by atoms with E-state index in [9.17, 15) is 14.9 Å². The number of hydrogen-bond donors (Lipinski definition) is 1. The molecule has 0 saturated heterocycles. The molecule has 0 saturated carbocycles. The van der Waals surface area contributed by atoms with Gasteiger partial charge >= 0.3 is 0 Å². The fourth-order valence-corrected chi connectivity index (χ4v) is 2.23. The molecular weight excluding hydrogens is 258 g/mol. The zero-order valence-corrected chi connectivity index (χ0v) is 12.3. The van der Waals surface area contributed by atoms with E-state index in [1.54, 1.807) is 19.0 Å². The first-order valence-electron chi connectivity index (χ1n) is 6.69. The molecule has 0 heterocycles. The Kier molecular flexibility index (Phi) is 5.49. The van der Waals surface area contributed by atoms with Crippen LogP contribution in [0.25, 0.3) is 0 Å². The zero-order chi connectivity index (χ0) is 15.3. The molecule has 0 aliphatic rings. The van der Waals surface area contributed by atoms with Gasteiger partial charge in [-0.05, 0) is 25.0 Å². The van der Waals surface area contributed by atoms with Gasteiger partial charge in [-0.1, -0.05) is 13.8 Å². The van der Waals surface area contributed by atoms with Crippen LogP contribution in [0.3, 0.4) is 0 Å². The Balaban J connectivity index is 3.08. The van der Waals surface area contributed by atoms with E-state index in [1.165, 1.54) is 18.2 Å². The van der Waals surface area contributed by atoms with Crippen molar-refractivity contribution in [1.82, 2.24) is 4.90 Å². The maximum atomic E-state index is 12.4. The monoisotopic (exact) mass is 279 g/mol. The Hall–Kier alpha value is -2.11. The van der Waals surface area contributed by atoms with Crippen LogP contribution in [0.5, 0.6) is 0 Å². The van der Waals surface area contributed by atoms with Gasteiger partial charge in [0.2, 0.25) is 0 Å². The van der Waals surface area contributed by atoms with E-state index >= 15 is 0 Å². The summed E-state index contributed by atoms with van der Waals surface area (Å²) in [6.45, 7) is 4.07. The summed E-state index contributed by atoms with van der Waals surface area (Å²) in [6.07, 6.45) is 1.76. The molecule has 6 nitrogen and oxygen atoms in total. The lowest BCUT2D eigenvalue weighted by Gasteiger charge is -2.26. The van der Waals surface area contributed by atoms with E-state index in [0.717, 1.165) is 12.8 Å². The van der Waals surface area contributed by atoms with Crippen molar-refractivity contribution >= 4 is 17.3 Å². The van der Waals surface area contributed by atoms with Crippen molar-refractivity contribution < 1.29 is 9.72 Å². The van der Waals surface area contributed by atoms with Gasteiger partial charge in [0.1, 0.15) is 5.69 Å². The fourth-order valence-electron chi connectivity index (χ4n) is 2.23. The number of nitrogens with one attached hydrogen (secondary N) is 1. The van der Waals surface area contributed by atoms with E-state index in [2.05, 4.69) is 5.32 Å². The summed E-state index contributed by atoms with van der Waals surface area (Å²) in [6, 6.07) is 4.56. The van der Waals surface area contributed by atoms with E-state index in [1.807, 2.05) is 13.8 Å². The van der Waals surface area contributed by atoms with Crippen LogP contribution in [0.1, 0.15) is 37.0 Å². The SMILES string of the molecule is CCC(CC)N(C)C(=O)c1ccc([N+](=O)[O-])c(NC)c1. The summed E-state index contributed by atoms with van der Waals surface area (Å²) in [5, 5.41) is 13.6. The van der Waals surface area contributed by atoms with Gasteiger partial charge in [-0.3, -0.25) is 14.9 Å². The smallest absolute Gasteiger partial charge is 0.292 e. The fraction of sp³-hybridized carbons (Fsp3) is 0.500. The van der Waals surface area contributed by atoms with E-state index in [0.29, 0.717) is 11.3 Å². The molecule has 0 aliphatic heterocycles. The third-order valence-corrected chi connectivity index (χ3v) is 3.52. The van der Waals surface area contributed by atoms with Gasteiger partial charge in [0.25, 0.3) is 11.6 Å². The molecule has 1 aromatic rings. The molecule has 1 amide bonds. The van der Waals surface area contributed by atoms with Gasteiger partial charge in [-0.15, -0.1) is 0 Å². The first-order valence-corrected chi connectivity index (χ1v) is 6.69. The Labute approximate surface area is 118 Å². The van der Waals surface area contributed by atoms with Crippen LogP contribution in [-0.4, -0.2) is 35.9 Å². The molecule has 0 atom stereocenters. The average Bonchev–Trinajstić information content (AvgIpc) is 2.46. The number of hydrogen-bond acceptors (Lipinski definition) is 4. The topological polar surface area (TPSA) is 75.5 Å². The summed E-state index contributed by atoms with van der Waals surface area (Å²) in [5.74, 6) is -0.120. The Bertz CT molecular complexity index is 498. The second kappa shape index (κ2) is 6.88. The maximum Gasteiger partial charge on any atom is 0.292 e. The summed E-state index contributed by atoms with van der Waals surface area (Å²) < 4.78 is 0. The highest BCUT2D eigenvalue weighted by atomic mass is 16.6. The predicted molar refractivity (Wildman–Crippen MR) is 79.1 cm³/mol. The van der Waals surface area contributed by atoms with E-state index in [4.69, 9.17) is 0 Å². The van der Waals surface area contributed by atoms with Crippen LogP contribution in [0.15, 0.2) is 18.2 Å². The lowest BCUT2D eigenvalue weighted by Crippen LogP contribution is -2.36. The number of amides is 1.